The summed E-state index contributed by atoms with van der Waals surface area (Å²) in [5.74, 6) is 1.75. The summed E-state index contributed by atoms with van der Waals surface area (Å²) in [4.78, 5) is 2.53. The van der Waals surface area contributed by atoms with Crippen molar-refractivity contribution in [1.29, 1.82) is 0 Å². The molecule has 3 aliphatic carbocycles. The lowest BCUT2D eigenvalue weighted by molar-refractivity contribution is -0.175. The van der Waals surface area contributed by atoms with Gasteiger partial charge in [0, 0.05) is 44.3 Å². The normalized spacial score (nSPS) is 22.0. The Morgan fingerprint density at radius 3 is 1.84 bits per heavy atom. The molecule has 57 heavy (non-hydrogen) atoms. The molecule has 2 atom stereocenters. The summed E-state index contributed by atoms with van der Waals surface area (Å²) < 4.78 is 2.46. The third kappa shape index (κ3) is 4.65. The highest BCUT2D eigenvalue weighted by atomic mass is 15.1. The van der Waals surface area contributed by atoms with Gasteiger partial charge in [0.15, 0.2) is 0 Å². The minimum Gasteiger partial charge on any atom is -0.310 e. The van der Waals surface area contributed by atoms with Gasteiger partial charge in [0.1, 0.15) is 0 Å². The predicted octanol–water partition coefficient (Wildman–Crippen LogP) is 14.8. The largest absolute Gasteiger partial charge is 0.310 e. The molecule has 0 radical (unpaired) electrons. The molecule has 1 aromatic heterocycles. The van der Waals surface area contributed by atoms with Gasteiger partial charge < -0.3 is 9.47 Å². The molecule has 9 aromatic rings. The van der Waals surface area contributed by atoms with Crippen molar-refractivity contribution in [2.45, 2.75) is 38.0 Å². The standard InChI is InChI=1S/C55H44N2/c1-54-42-27-28-43(54)36-55(54,35-42)50-19-8-10-21-52(50)56(44-29-22-38(23-30-44)37-12-3-2-4-13-37)45-31-24-39(25-32-45)41-15-11-16-46(34-41)57-51-20-9-7-18-48(51)49-33-26-40-14-5-6-17-47(40)53(49)57/h2-26,29-34,42-43H,27-28,35-36H2,1H3/t42-,43-,54?,55?/m0/s1. The number of hydrogen-bond donors (Lipinski definition) is 0. The zero-order valence-electron chi connectivity index (χ0n) is 32.3. The van der Waals surface area contributed by atoms with E-state index < -0.39 is 0 Å². The zero-order valence-corrected chi connectivity index (χ0v) is 32.3. The van der Waals surface area contributed by atoms with Crippen LogP contribution in [0.4, 0.5) is 17.1 Å². The van der Waals surface area contributed by atoms with Crippen LogP contribution in [0.15, 0.2) is 188 Å². The molecule has 8 aromatic carbocycles. The van der Waals surface area contributed by atoms with Crippen LogP contribution >= 0.6 is 0 Å². The van der Waals surface area contributed by atoms with Gasteiger partial charge in [-0.15, -0.1) is 0 Å². The van der Waals surface area contributed by atoms with Crippen LogP contribution in [-0.2, 0) is 5.41 Å². The molecule has 3 saturated carbocycles. The minimum absolute atomic E-state index is 0.274. The Morgan fingerprint density at radius 1 is 0.491 bits per heavy atom. The summed E-state index contributed by atoms with van der Waals surface area (Å²) in [6.45, 7) is 2.61. The molecular formula is C55H44N2. The first kappa shape index (κ1) is 32.8. The number of nitrogens with zero attached hydrogens (tertiary/aromatic N) is 2. The second-order valence-corrected chi connectivity index (χ2v) is 17.1. The van der Waals surface area contributed by atoms with E-state index in [9.17, 15) is 0 Å². The summed E-state index contributed by atoms with van der Waals surface area (Å²) in [6, 6.07) is 69.8. The molecular weight excluding hydrogens is 689 g/mol. The Kier molecular flexibility index (Phi) is 7.09. The van der Waals surface area contributed by atoms with E-state index in [0.717, 1.165) is 11.8 Å². The minimum atomic E-state index is 0.274. The van der Waals surface area contributed by atoms with Crippen molar-refractivity contribution in [2.24, 2.45) is 17.3 Å². The van der Waals surface area contributed by atoms with Crippen molar-refractivity contribution in [3.63, 3.8) is 0 Å². The number of anilines is 3. The van der Waals surface area contributed by atoms with Crippen molar-refractivity contribution in [3.8, 4) is 27.9 Å². The molecule has 0 amide bonds. The van der Waals surface area contributed by atoms with E-state index >= 15 is 0 Å². The average molecular weight is 733 g/mol. The first-order chi connectivity index (χ1) is 28.1. The molecule has 2 nitrogen and oxygen atoms in total. The van der Waals surface area contributed by atoms with Gasteiger partial charge in [0.05, 0.1) is 11.0 Å². The highest BCUT2D eigenvalue weighted by Crippen LogP contribution is 2.82. The monoisotopic (exact) mass is 732 g/mol. The van der Waals surface area contributed by atoms with Crippen molar-refractivity contribution in [1.82, 2.24) is 4.57 Å². The van der Waals surface area contributed by atoms with Crippen molar-refractivity contribution < 1.29 is 0 Å². The van der Waals surface area contributed by atoms with Crippen molar-refractivity contribution in [3.05, 3.63) is 194 Å². The number of para-hydroxylation sites is 2. The summed E-state index contributed by atoms with van der Waals surface area (Å²) in [6.07, 6.45) is 5.47. The van der Waals surface area contributed by atoms with Crippen LogP contribution in [0.2, 0.25) is 0 Å². The van der Waals surface area contributed by atoms with Crippen LogP contribution in [0.25, 0.3) is 60.5 Å². The van der Waals surface area contributed by atoms with E-state index in [1.54, 1.807) is 0 Å². The number of rotatable bonds is 7. The van der Waals surface area contributed by atoms with Crippen LogP contribution < -0.4 is 4.90 Å². The summed E-state index contributed by atoms with van der Waals surface area (Å²) in [5.41, 5.74) is 14.5. The fourth-order valence-electron chi connectivity index (χ4n) is 11.9. The van der Waals surface area contributed by atoms with Crippen LogP contribution in [0.1, 0.15) is 38.2 Å². The van der Waals surface area contributed by atoms with Gasteiger partial charge in [0.2, 0.25) is 0 Å². The zero-order chi connectivity index (χ0) is 37.7. The van der Waals surface area contributed by atoms with E-state index in [1.165, 1.54) is 109 Å². The van der Waals surface area contributed by atoms with Crippen LogP contribution in [-0.4, -0.2) is 4.57 Å². The third-order valence-corrected chi connectivity index (χ3v) is 14.8. The molecule has 2 heteroatoms. The number of aromatic nitrogens is 1. The number of hydrogen-bond acceptors (Lipinski definition) is 1. The molecule has 1 heterocycles. The molecule has 0 N–H and O–H groups in total. The van der Waals surface area contributed by atoms with E-state index in [2.05, 4.69) is 204 Å². The maximum absolute atomic E-state index is 2.61. The molecule has 3 aliphatic rings. The van der Waals surface area contributed by atoms with E-state index in [-0.39, 0.29) is 5.41 Å². The molecule has 0 bridgehead atoms. The third-order valence-electron chi connectivity index (χ3n) is 14.8. The first-order valence-corrected chi connectivity index (χ1v) is 20.8. The van der Waals surface area contributed by atoms with Crippen LogP contribution in [0, 0.1) is 17.3 Å². The Balaban J connectivity index is 0.966. The van der Waals surface area contributed by atoms with Gasteiger partial charge in [0.25, 0.3) is 0 Å². The van der Waals surface area contributed by atoms with Gasteiger partial charge in [-0.05, 0) is 125 Å². The molecule has 3 fully saturated rings. The van der Waals surface area contributed by atoms with Gasteiger partial charge in [-0.2, -0.15) is 0 Å². The van der Waals surface area contributed by atoms with Crippen molar-refractivity contribution in [2.75, 3.05) is 4.90 Å². The van der Waals surface area contributed by atoms with E-state index in [0.29, 0.717) is 5.41 Å². The quantitative estimate of drug-likeness (QED) is 0.158. The fourth-order valence-corrected chi connectivity index (χ4v) is 11.9. The lowest BCUT2D eigenvalue weighted by Gasteiger charge is -2.73. The van der Waals surface area contributed by atoms with E-state index in [4.69, 9.17) is 0 Å². The fraction of sp³-hybridized carbons (Fsp3) is 0.164. The lowest BCUT2D eigenvalue weighted by Crippen LogP contribution is -2.68. The smallest absolute Gasteiger partial charge is 0.0619 e. The highest BCUT2D eigenvalue weighted by molar-refractivity contribution is 6.18. The predicted molar refractivity (Wildman–Crippen MR) is 239 cm³/mol. The number of benzene rings is 8. The molecule has 274 valence electrons. The van der Waals surface area contributed by atoms with Gasteiger partial charge in [-0.25, -0.2) is 0 Å². The Morgan fingerprint density at radius 2 is 1.09 bits per heavy atom. The molecule has 12 rings (SSSR count). The Bertz CT molecular complexity index is 2980. The van der Waals surface area contributed by atoms with Gasteiger partial charge in [-0.3, -0.25) is 0 Å². The second-order valence-electron chi connectivity index (χ2n) is 17.1. The molecule has 0 aliphatic heterocycles. The maximum atomic E-state index is 2.61. The summed E-state index contributed by atoms with van der Waals surface area (Å²) in [7, 11) is 0. The lowest BCUT2D eigenvalue weighted by atomic mass is 9.31. The van der Waals surface area contributed by atoms with Crippen LogP contribution in [0.3, 0.4) is 0 Å². The molecule has 0 saturated heterocycles. The summed E-state index contributed by atoms with van der Waals surface area (Å²) in [5, 5.41) is 5.09. The second kappa shape index (κ2) is 12.3. The average Bonchev–Trinajstić information content (AvgIpc) is 3.58. The van der Waals surface area contributed by atoms with Crippen LogP contribution in [0.5, 0.6) is 0 Å². The molecule has 0 unspecified atom stereocenters. The SMILES string of the molecule is CC12[C@H]3CC[C@H]1CC2(c1ccccc1N(c1ccc(-c2ccccc2)cc1)c1ccc(-c2cccc(-n4c5ccccc5c5ccc6ccccc6c54)c2)cc1)C3. The topological polar surface area (TPSA) is 8.17 Å². The van der Waals surface area contributed by atoms with Gasteiger partial charge in [-0.1, -0.05) is 146 Å². The Labute approximate surface area is 334 Å². The molecule has 0 spiro atoms. The highest BCUT2D eigenvalue weighted by Gasteiger charge is 2.76. The van der Waals surface area contributed by atoms with Crippen molar-refractivity contribution >= 4 is 49.6 Å². The summed E-state index contributed by atoms with van der Waals surface area (Å²) >= 11 is 0. The van der Waals surface area contributed by atoms with Gasteiger partial charge >= 0.3 is 0 Å². The maximum Gasteiger partial charge on any atom is 0.0619 e. The number of fused-ring (bicyclic) bond motifs is 5. The first-order valence-electron chi connectivity index (χ1n) is 20.8. The Hall–Kier alpha value is -6.38. The van der Waals surface area contributed by atoms with E-state index in [1.807, 2.05) is 0 Å².